The number of aromatic nitrogens is 5. The van der Waals surface area contributed by atoms with Crippen LogP contribution in [0.3, 0.4) is 0 Å². The van der Waals surface area contributed by atoms with Gasteiger partial charge in [-0.2, -0.15) is 5.10 Å². The van der Waals surface area contributed by atoms with E-state index in [1.165, 1.54) is 10.5 Å². The molecule has 1 aromatic carbocycles. The fraction of sp³-hybridized carbons (Fsp3) is 0.160. The van der Waals surface area contributed by atoms with Gasteiger partial charge in [-0.3, -0.25) is 9.20 Å². The first kappa shape index (κ1) is 20.6. The standard InChI is InChI=1S/C25H21N5O3/c1-3-30-24-20(14-26-30)19(13-21(28-24)17-7-5-4-6-8-17)25(32)33-15-18-12-23(31)29-10-9-16(2)11-22(29)27-18/h4-14H,3,15H2,1-2H3. The monoisotopic (exact) mass is 439 g/mol. The smallest absolute Gasteiger partial charge is 0.339 e. The van der Waals surface area contributed by atoms with Crippen molar-refractivity contribution in [3.8, 4) is 11.3 Å². The number of rotatable bonds is 5. The highest BCUT2D eigenvalue weighted by molar-refractivity contribution is 6.03. The highest BCUT2D eigenvalue weighted by Gasteiger charge is 2.19. The lowest BCUT2D eigenvalue weighted by atomic mass is 10.1. The fourth-order valence-electron chi connectivity index (χ4n) is 3.75. The van der Waals surface area contributed by atoms with Crippen LogP contribution in [-0.2, 0) is 17.9 Å². The lowest BCUT2D eigenvalue weighted by molar-refractivity contribution is 0.0470. The van der Waals surface area contributed by atoms with Crippen molar-refractivity contribution in [2.45, 2.75) is 27.0 Å². The Morgan fingerprint density at radius 3 is 2.67 bits per heavy atom. The lowest BCUT2D eigenvalue weighted by Gasteiger charge is -2.09. The van der Waals surface area contributed by atoms with Crippen LogP contribution in [0.25, 0.3) is 27.9 Å². The number of hydrogen-bond acceptors (Lipinski definition) is 6. The number of benzene rings is 1. The van der Waals surface area contributed by atoms with E-state index in [9.17, 15) is 9.59 Å². The Morgan fingerprint density at radius 1 is 1.06 bits per heavy atom. The summed E-state index contributed by atoms with van der Waals surface area (Å²) in [4.78, 5) is 34.7. The topological polar surface area (TPSA) is 91.4 Å². The lowest BCUT2D eigenvalue weighted by Crippen LogP contribution is -2.16. The van der Waals surface area contributed by atoms with Gasteiger partial charge >= 0.3 is 5.97 Å². The van der Waals surface area contributed by atoms with Crippen LogP contribution in [-0.4, -0.2) is 30.1 Å². The van der Waals surface area contributed by atoms with Crippen molar-refractivity contribution in [1.29, 1.82) is 0 Å². The molecule has 8 nitrogen and oxygen atoms in total. The summed E-state index contributed by atoms with van der Waals surface area (Å²) in [6.07, 6.45) is 3.31. The Hall–Kier alpha value is -4.33. The number of pyridine rings is 2. The van der Waals surface area contributed by atoms with Gasteiger partial charge in [0.05, 0.1) is 28.5 Å². The molecule has 0 amide bonds. The number of hydrogen-bond donors (Lipinski definition) is 0. The van der Waals surface area contributed by atoms with E-state index in [4.69, 9.17) is 9.72 Å². The minimum atomic E-state index is -0.526. The Labute approximate surface area is 189 Å². The van der Waals surface area contributed by atoms with Gasteiger partial charge in [0.15, 0.2) is 5.65 Å². The maximum atomic E-state index is 13.1. The van der Waals surface area contributed by atoms with Crippen molar-refractivity contribution in [2.24, 2.45) is 0 Å². The molecule has 0 atom stereocenters. The van der Waals surface area contributed by atoms with Crippen LogP contribution in [0.1, 0.15) is 28.5 Å². The van der Waals surface area contributed by atoms with Gasteiger partial charge in [0.1, 0.15) is 12.3 Å². The van der Waals surface area contributed by atoms with Crippen molar-refractivity contribution < 1.29 is 9.53 Å². The quantitative estimate of drug-likeness (QED) is 0.387. The Morgan fingerprint density at radius 2 is 1.88 bits per heavy atom. The van der Waals surface area contributed by atoms with Crippen LogP contribution < -0.4 is 5.56 Å². The summed E-state index contributed by atoms with van der Waals surface area (Å²) >= 11 is 0. The summed E-state index contributed by atoms with van der Waals surface area (Å²) in [5.41, 5.74) is 4.17. The highest BCUT2D eigenvalue weighted by Crippen LogP contribution is 2.25. The van der Waals surface area contributed by atoms with Crippen molar-refractivity contribution in [1.82, 2.24) is 24.1 Å². The summed E-state index contributed by atoms with van der Waals surface area (Å²) < 4.78 is 8.77. The molecule has 5 aromatic rings. The van der Waals surface area contributed by atoms with E-state index >= 15 is 0 Å². The van der Waals surface area contributed by atoms with Gasteiger partial charge in [0, 0.05) is 24.4 Å². The number of fused-ring (bicyclic) bond motifs is 2. The zero-order valence-corrected chi connectivity index (χ0v) is 18.2. The van der Waals surface area contributed by atoms with Crippen molar-refractivity contribution in [3.63, 3.8) is 0 Å². The zero-order chi connectivity index (χ0) is 22.9. The predicted octanol–water partition coefficient (Wildman–Crippen LogP) is 3.79. The largest absolute Gasteiger partial charge is 0.456 e. The van der Waals surface area contributed by atoms with Crippen LogP contribution >= 0.6 is 0 Å². The second kappa shape index (κ2) is 8.31. The Balaban J connectivity index is 1.50. The first-order chi connectivity index (χ1) is 16.0. The minimum absolute atomic E-state index is 0.120. The molecule has 0 aliphatic carbocycles. The molecule has 0 spiro atoms. The van der Waals surface area contributed by atoms with Crippen LogP contribution in [0.4, 0.5) is 0 Å². The van der Waals surface area contributed by atoms with Crippen LogP contribution in [0.15, 0.2) is 71.8 Å². The van der Waals surface area contributed by atoms with Gasteiger partial charge in [0.25, 0.3) is 5.56 Å². The van der Waals surface area contributed by atoms with Gasteiger partial charge in [-0.05, 0) is 37.6 Å². The van der Waals surface area contributed by atoms with Crippen LogP contribution in [0.2, 0.25) is 0 Å². The van der Waals surface area contributed by atoms with E-state index in [-0.39, 0.29) is 12.2 Å². The minimum Gasteiger partial charge on any atom is -0.456 e. The number of nitrogens with zero attached hydrogens (tertiary/aromatic N) is 5. The average Bonchev–Trinajstić information content (AvgIpc) is 3.25. The first-order valence-corrected chi connectivity index (χ1v) is 10.6. The van der Waals surface area contributed by atoms with Gasteiger partial charge in [0.2, 0.25) is 0 Å². The summed E-state index contributed by atoms with van der Waals surface area (Å²) in [5, 5.41) is 4.97. The van der Waals surface area contributed by atoms with Gasteiger partial charge < -0.3 is 4.74 Å². The summed E-state index contributed by atoms with van der Waals surface area (Å²) in [6, 6.07) is 16.4. The number of aryl methyl sites for hydroxylation is 2. The molecule has 0 unspecified atom stereocenters. The molecule has 0 N–H and O–H groups in total. The molecular formula is C25H21N5O3. The maximum absolute atomic E-state index is 13.1. The molecule has 0 fully saturated rings. The third kappa shape index (κ3) is 3.87. The molecule has 0 aliphatic heterocycles. The number of ether oxygens (including phenoxy) is 1. The van der Waals surface area contributed by atoms with Crippen LogP contribution in [0, 0.1) is 6.92 Å². The molecule has 4 heterocycles. The van der Waals surface area contributed by atoms with Crippen LogP contribution in [0.5, 0.6) is 0 Å². The summed E-state index contributed by atoms with van der Waals surface area (Å²) in [6.45, 7) is 4.39. The molecule has 5 rings (SSSR count). The molecule has 4 aromatic heterocycles. The molecule has 0 radical (unpaired) electrons. The molecule has 33 heavy (non-hydrogen) atoms. The van der Waals surface area contributed by atoms with E-state index in [2.05, 4.69) is 10.1 Å². The third-order valence-electron chi connectivity index (χ3n) is 5.43. The predicted molar refractivity (Wildman–Crippen MR) is 124 cm³/mol. The molecule has 0 saturated carbocycles. The molecule has 8 heteroatoms. The van der Waals surface area contributed by atoms with Crippen molar-refractivity contribution in [3.05, 3.63) is 94.2 Å². The number of esters is 1. The van der Waals surface area contributed by atoms with Gasteiger partial charge in [-0.15, -0.1) is 0 Å². The molecular weight excluding hydrogens is 418 g/mol. The van der Waals surface area contributed by atoms with Crippen molar-refractivity contribution in [2.75, 3.05) is 0 Å². The fourth-order valence-corrected chi connectivity index (χ4v) is 3.75. The number of carbonyl (C=O) groups excluding carboxylic acids is 1. The van der Waals surface area contributed by atoms with E-state index in [0.29, 0.717) is 40.2 Å². The van der Waals surface area contributed by atoms with E-state index in [1.807, 2.05) is 56.3 Å². The molecule has 164 valence electrons. The van der Waals surface area contributed by atoms with E-state index in [0.717, 1.165) is 11.1 Å². The van der Waals surface area contributed by atoms with Gasteiger partial charge in [-0.25, -0.2) is 19.4 Å². The van der Waals surface area contributed by atoms with E-state index < -0.39 is 5.97 Å². The second-order valence-corrected chi connectivity index (χ2v) is 7.71. The third-order valence-corrected chi connectivity index (χ3v) is 5.43. The summed E-state index contributed by atoms with van der Waals surface area (Å²) in [5.74, 6) is -0.526. The SMILES string of the molecule is CCn1ncc2c(C(=O)OCc3cc(=O)n4ccc(C)cc4n3)cc(-c3ccccc3)nc21. The highest BCUT2D eigenvalue weighted by atomic mass is 16.5. The normalized spacial score (nSPS) is 11.2. The Kier molecular flexibility index (Phi) is 5.18. The van der Waals surface area contributed by atoms with E-state index in [1.54, 1.807) is 23.1 Å². The summed E-state index contributed by atoms with van der Waals surface area (Å²) in [7, 11) is 0. The molecule has 0 aliphatic rings. The second-order valence-electron chi connectivity index (χ2n) is 7.71. The Bertz CT molecular complexity index is 1550. The molecule has 0 saturated heterocycles. The number of carbonyl (C=O) groups is 1. The average molecular weight is 439 g/mol. The van der Waals surface area contributed by atoms with Crippen molar-refractivity contribution >= 4 is 22.6 Å². The zero-order valence-electron chi connectivity index (χ0n) is 18.2. The maximum Gasteiger partial charge on any atom is 0.339 e. The van der Waals surface area contributed by atoms with Gasteiger partial charge in [-0.1, -0.05) is 30.3 Å². The molecule has 0 bridgehead atoms. The first-order valence-electron chi connectivity index (χ1n) is 10.6.